The van der Waals surface area contributed by atoms with Gasteiger partial charge in [0.05, 0.1) is 6.61 Å². The Morgan fingerprint density at radius 1 is 1.50 bits per heavy atom. The van der Waals surface area contributed by atoms with Gasteiger partial charge in [-0.05, 0) is 13.3 Å². The molecular formula is C9H15N3O2. The van der Waals surface area contributed by atoms with Gasteiger partial charge in [-0.3, -0.25) is 5.10 Å². The number of hydrogen-bond acceptors (Lipinski definition) is 4. The lowest BCUT2D eigenvalue weighted by molar-refractivity contribution is 0.0512. The Kier molecular flexibility index (Phi) is 4.10. The molecule has 0 fully saturated rings. The molecule has 0 saturated carbocycles. The van der Waals surface area contributed by atoms with Crippen molar-refractivity contribution < 1.29 is 9.53 Å². The Morgan fingerprint density at radius 3 is 2.93 bits per heavy atom. The molecule has 0 unspecified atom stereocenters. The van der Waals surface area contributed by atoms with Crippen LogP contribution in [0.5, 0.6) is 0 Å². The maximum absolute atomic E-state index is 11.2. The number of rotatable bonds is 5. The Balaban J connectivity index is 2.54. The Bertz CT molecular complexity index is 296. The topological polar surface area (TPSA) is 67.9 Å². The van der Waals surface area contributed by atoms with Crippen LogP contribution in [-0.2, 0) is 11.2 Å². The molecule has 0 aliphatic rings. The number of nitrogens with zero attached hydrogens (tertiary/aromatic N) is 2. The van der Waals surface area contributed by atoms with Crippen molar-refractivity contribution in [2.24, 2.45) is 0 Å². The number of nitrogens with one attached hydrogen (secondary N) is 1. The molecule has 0 aromatic carbocycles. The SMILES string of the molecule is CCCCc1nc(C(=O)OCC)n[nH]1. The third kappa shape index (κ3) is 2.83. The maximum atomic E-state index is 11.2. The van der Waals surface area contributed by atoms with Crippen LogP contribution < -0.4 is 0 Å². The van der Waals surface area contributed by atoms with E-state index in [2.05, 4.69) is 22.1 Å². The molecule has 78 valence electrons. The van der Waals surface area contributed by atoms with Crippen LogP contribution in [-0.4, -0.2) is 27.8 Å². The van der Waals surface area contributed by atoms with Gasteiger partial charge in [0.15, 0.2) is 0 Å². The van der Waals surface area contributed by atoms with Crippen molar-refractivity contribution in [2.75, 3.05) is 6.61 Å². The van der Waals surface area contributed by atoms with Gasteiger partial charge >= 0.3 is 5.97 Å². The third-order valence-electron chi connectivity index (χ3n) is 1.76. The van der Waals surface area contributed by atoms with Crippen molar-refractivity contribution >= 4 is 5.97 Å². The van der Waals surface area contributed by atoms with E-state index in [1.54, 1.807) is 6.92 Å². The fourth-order valence-electron chi connectivity index (χ4n) is 1.04. The van der Waals surface area contributed by atoms with Crippen molar-refractivity contribution in [3.05, 3.63) is 11.6 Å². The van der Waals surface area contributed by atoms with Gasteiger partial charge in [-0.1, -0.05) is 13.3 Å². The molecule has 0 radical (unpaired) electrons. The summed E-state index contributed by atoms with van der Waals surface area (Å²) in [7, 11) is 0. The monoisotopic (exact) mass is 197 g/mol. The smallest absolute Gasteiger partial charge is 0.378 e. The summed E-state index contributed by atoms with van der Waals surface area (Å²) in [5, 5.41) is 6.49. The number of esters is 1. The van der Waals surface area contributed by atoms with Gasteiger partial charge in [0.25, 0.3) is 5.82 Å². The van der Waals surface area contributed by atoms with E-state index in [0.29, 0.717) is 6.61 Å². The first-order chi connectivity index (χ1) is 6.77. The van der Waals surface area contributed by atoms with Crippen LogP contribution in [0.4, 0.5) is 0 Å². The van der Waals surface area contributed by atoms with Crippen molar-refractivity contribution in [2.45, 2.75) is 33.1 Å². The lowest BCUT2D eigenvalue weighted by Gasteiger charge is -1.94. The minimum atomic E-state index is -0.466. The molecule has 1 N–H and O–H groups in total. The zero-order valence-corrected chi connectivity index (χ0v) is 8.54. The minimum Gasteiger partial charge on any atom is -0.460 e. The van der Waals surface area contributed by atoms with Gasteiger partial charge in [-0.25, -0.2) is 9.78 Å². The number of hydrogen-bond donors (Lipinski definition) is 1. The Morgan fingerprint density at radius 2 is 2.29 bits per heavy atom. The lowest BCUT2D eigenvalue weighted by atomic mass is 10.2. The number of carbonyl (C=O) groups is 1. The molecule has 0 bridgehead atoms. The first-order valence-electron chi connectivity index (χ1n) is 4.86. The molecule has 5 heteroatoms. The summed E-state index contributed by atoms with van der Waals surface area (Å²) in [4.78, 5) is 15.2. The Labute approximate surface area is 82.9 Å². The quantitative estimate of drug-likeness (QED) is 0.723. The molecule has 0 aliphatic heterocycles. The summed E-state index contributed by atoms with van der Waals surface area (Å²) in [5.74, 6) is 0.402. The highest BCUT2D eigenvalue weighted by atomic mass is 16.5. The highest BCUT2D eigenvalue weighted by Gasteiger charge is 2.12. The summed E-state index contributed by atoms with van der Waals surface area (Å²) >= 11 is 0. The van der Waals surface area contributed by atoms with Crippen LogP contribution in [0.2, 0.25) is 0 Å². The van der Waals surface area contributed by atoms with Gasteiger partial charge in [0.2, 0.25) is 0 Å². The molecule has 0 atom stereocenters. The number of unbranched alkanes of at least 4 members (excludes halogenated alkanes) is 1. The van der Waals surface area contributed by atoms with E-state index in [-0.39, 0.29) is 5.82 Å². The first-order valence-corrected chi connectivity index (χ1v) is 4.86. The lowest BCUT2D eigenvalue weighted by Crippen LogP contribution is -2.06. The van der Waals surface area contributed by atoms with Crippen molar-refractivity contribution in [3.8, 4) is 0 Å². The van der Waals surface area contributed by atoms with Crippen LogP contribution in [0.3, 0.4) is 0 Å². The van der Waals surface area contributed by atoms with Crippen molar-refractivity contribution in [1.82, 2.24) is 15.2 Å². The normalized spacial score (nSPS) is 10.1. The van der Waals surface area contributed by atoms with Crippen LogP contribution >= 0.6 is 0 Å². The van der Waals surface area contributed by atoms with E-state index < -0.39 is 5.97 Å². The fraction of sp³-hybridized carbons (Fsp3) is 0.667. The predicted molar refractivity (Wildman–Crippen MR) is 51.0 cm³/mol. The standard InChI is InChI=1S/C9H15N3O2/c1-3-5-6-7-10-8(12-11-7)9(13)14-4-2/h3-6H2,1-2H3,(H,10,11,12). The number of aryl methyl sites for hydroxylation is 1. The number of aromatic amines is 1. The van der Waals surface area contributed by atoms with Gasteiger partial charge in [0.1, 0.15) is 5.82 Å². The molecule has 1 rings (SSSR count). The van der Waals surface area contributed by atoms with Crippen LogP contribution in [0.15, 0.2) is 0 Å². The van der Waals surface area contributed by atoms with Crippen LogP contribution in [0, 0.1) is 0 Å². The highest BCUT2D eigenvalue weighted by molar-refractivity contribution is 5.84. The van der Waals surface area contributed by atoms with Crippen LogP contribution in [0.25, 0.3) is 0 Å². The molecule has 0 aliphatic carbocycles. The molecule has 14 heavy (non-hydrogen) atoms. The minimum absolute atomic E-state index is 0.123. The maximum Gasteiger partial charge on any atom is 0.378 e. The second-order valence-electron chi connectivity index (χ2n) is 2.93. The number of ether oxygens (including phenoxy) is 1. The predicted octanol–water partition coefficient (Wildman–Crippen LogP) is 1.32. The largest absolute Gasteiger partial charge is 0.460 e. The second-order valence-corrected chi connectivity index (χ2v) is 2.93. The zero-order valence-electron chi connectivity index (χ0n) is 8.54. The zero-order chi connectivity index (χ0) is 10.4. The van der Waals surface area contributed by atoms with E-state index in [1.807, 2.05) is 0 Å². The first kappa shape index (κ1) is 10.7. The molecule has 1 aromatic heterocycles. The molecule has 1 heterocycles. The third-order valence-corrected chi connectivity index (χ3v) is 1.76. The molecule has 5 nitrogen and oxygen atoms in total. The average molecular weight is 197 g/mol. The van der Waals surface area contributed by atoms with E-state index in [1.165, 1.54) is 0 Å². The van der Waals surface area contributed by atoms with E-state index in [4.69, 9.17) is 4.74 Å². The summed E-state index contributed by atoms with van der Waals surface area (Å²) in [6.07, 6.45) is 2.95. The van der Waals surface area contributed by atoms with Gasteiger partial charge in [0, 0.05) is 6.42 Å². The van der Waals surface area contributed by atoms with Crippen LogP contribution in [0.1, 0.15) is 43.1 Å². The second kappa shape index (κ2) is 5.36. The average Bonchev–Trinajstić information content (AvgIpc) is 2.63. The molecule has 0 spiro atoms. The number of H-pyrrole nitrogens is 1. The summed E-state index contributed by atoms with van der Waals surface area (Å²) in [6, 6.07) is 0. The molecule has 0 amide bonds. The summed E-state index contributed by atoms with van der Waals surface area (Å²) in [6.45, 7) is 4.20. The van der Waals surface area contributed by atoms with E-state index >= 15 is 0 Å². The van der Waals surface area contributed by atoms with E-state index in [9.17, 15) is 4.79 Å². The molecular weight excluding hydrogens is 182 g/mol. The molecule has 0 saturated heterocycles. The molecule has 1 aromatic rings. The highest BCUT2D eigenvalue weighted by Crippen LogP contribution is 2.00. The van der Waals surface area contributed by atoms with Gasteiger partial charge in [-0.15, -0.1) is 5.10 Å². The Hall–Kier alpha value is -1.39. The van der Waals surface area contributed by atoms with Crippen molar-refractivity contribution in [3.63, 3.8) is 0 Å². The fourth-order valence-corrected chi connectivity index (χ4v) is 1.04. The van der Waals surface area contributed by atoms with Gasteiger partial charge < -0.3 is 4.74 Å². The van der Waals surface area contributed by atoms with Gasteiger partial charge in [-0.2, -0.15) is 0 Å². The number of carbonyl (C=O) groups excluding carboxylic acids is 1. The summed E-state index contributed by atoms with van der Waals surface area (Å²) < 4.78 is 4.76. The van der Waals surface area contributed by atoms with Crippen molar-refractivity contribution in [1.29, 1.82) is 0 Å². The summed E-state index contributed by atoms with van der Waals surface area (Å²) in [5.41, 5.74) is 0. The number of aromatic nitrogens is 3. The van der Waals surface area contributed by atoms with E-state index in [0.717, 1.165) is 25.1 Å².